The van der Waals surface area contributed by atoms with Crippen molar-refractivity contribution >= 4 is 28.9 Å². The van der Waals surface area contributed by atoms with Crippen LogP contribution in [-0.2, 0) is 0 Å². The normalized spacial score (nSPS) is 10.6. The van der Waals surface area contributed by atoms with Crippen molar-refractivity contribution in [1.82, 2.24) is 15.0 Å². The second-order valence-corrected chi connectivity index (χ2v) is 8.78. The summed E-state index contributed by atoms with van der Waals surface area (Å²) in [7, 11) is 1.77. The van der Waals surface area contributed by atoms with Crippen LogP contribution in [-0.4, -0.2) is 27.9 Å². The van der Waals surface area contributed by atoms with Gasteiger partial charge in [0.2, 0.25) is 11.8 Å². The molecule has 0 aliphatic heterocycles. The highest BCUT2D eigenvalue weighted by Gasteiger charge is 2.13. The van der Waals surface area contributed by atoms with E-state index in [0.29, 0.717) is 34.5 Å². The summed E-state index contributed by atoms with van der Waals surface area (Å²) in [5.41, 5.74) is 5.70. The number of nitrogens with one attached hydrogen (secondary N) is 2. The van der Waals surface area contributed by atoms with E-state index >= 15 is 0 Å². The number of benzene rings is 2. The number of aryl methyl sites for hydroxylation is 1. The van der Waals surface area contributed by atoms with Gasteiger partial charge in [-0.05, 0) is 89.0 Å². The number of rotatable bonds is 7. The van der Waals surface area contributed by atoms with Crippen LogP contribution in [0.2, 0.25) is 0 Å². The highest BCUT2D eigenvalue weighted by molar-refractivity contribution is 7.08. The van der Waals surface area contributed by atoms with Crippen molar-refractivity contribution in [3.63, 3.8) is 0 Å². The highest BCUT2D eigenvalue weighted by atomic mass is 32.1. The molecule has 2 N–H and O–H groups in total. The molecule has 0 saturated carbocycles. The number of nitrogens with zero attached hydrogens (tertiary/aromatic N) is 3. The molecule has 3 heterocycles. The van der Waals surface area contributed by atoms with Gasteiger partial charge in [-0.15, -0.1) is 0 Å². The smallest absolute Gasteiger partial charge is 0.255 e. The molecule has 0 spiro atoms. The fourth-order valence-corrected chi connectivity index (χ4v) is 4.38. The predicted molar refractivity (Wildman–Crippen MR) is 144 cm³/mol. The van der Waals surface area contributed by atoms with Crippen LogP contribution < -0.4 is 15.4 Å². The Hall–Kier alpha value is -4.56. The monoisotopic (exact) mass is 493 g/mol. The van der Waals surface area contributed by atoms with E-state index in [1.54, 1.807) is 30.8 Å². The van der Waals surface area contributed by atoms with Crippen molar-refractivity contribution in [2.45, 2.75) is 6.92 Å². The number of anilines is 2. The summed E-state index contributed by atoms with van der Waals surface area (Å²) in [6.07, 6.45) is 3.36. The lowest BCUT2D eigenvalue weighted by atomic mass is 10.1. The van der Waals surface area contributed by atoms with E-state index in [0.717, 1.165) is 22.3 Å². The van der Waals surface area contributed by atoms with E-state index in [1.807, 2.05) is 79.0 Å². The number of carbonyl (C=O) groups is 1. The Labute approximate surface area is 212 Å². The summed E-state index contributed by atoms with van der Waals surface area (Å²) in [5, 5.41) is 10.0. The van der Waals surface area contributed by atoms with E-state index in [-0.39, 0.29) is 5.91 Å². The molecular formula is C28H23N5O2S. The molecule has 8 heteroatoms. The quantitative estimate of drug-likeness (QED) is 0.263. The SMILES string of the molecule is CNc1nccc(-c2cccnc2Oc2ccc(NC(=O)c3cccc(-c4ccsc4)c3)cc2C)n1. The van der Waals surface area contributed by atoms with Gasteiger partial charge in [-0.1, -0.05) is 12.1 Å². The van der Waals surface area contributed by atoms with Crippen LogP contribution in [0, 0.1) is 6.92 Å². The lowest BCUT2D eigenvalue weighted by Crippen LogP contribution is -2.12. The van der Waals surface area contributed by atoms with Gasteiger partial charge in [0.1, 0.15) is 5.75 Å². The molecule has 0 aliphatic rings. The molecule has 3 aromatic heterocycles. The van der Waals surface area contributed by atoms with Crippen LogP contribution in [0.4, 0.5) is 11.6 Å². The first kappa shape index (κ1) is 23.2. The van der Waals surface area contributed by atoms with Crippen LogP contribution in [0.15, 0.2) is 89.9 Å². The lowest BCUT2D eigenvalue weighted by Gasteiger charge is -2.13. The molecular weight excluding hydrogens is 470 g/mol. The number of carbonyl (C=O) groups excluding carboxylic acids is 1. The molecule has 0 unspecified atom stereocenters. The first-order chi connectivity index (χ1) is 17.6. The number of thiophene rings is 1. The maximum atomic E-state index is 12.9. The third-order valence-corrected chi connectivity index (χ3v) is 6.23. The van der Waals surface area contributed by atoms with Gasteiger partial charge in [-0.25, -0.2) is 15.0 Å². The maximum Gasteiger partial charge on any atom is 0.255 e. The summed E-state index contributed by atoms with van der Waals surface area (Å²) < 4.78 is 6.17. The number of hydrogen-bond donors (Lipinski definition) is 2. The van der Waals surface area contributed by atoms with E-state index in [1.165, 1.54) is 0 Å². The summed E-state index contributed by atoms with van der Waals surface area (Å²) >= 11 is 1.63. The van der Waals surface area contributed by atoms with Crippen molar-refractivity contribution < 1.29 is 9.53 Å². The predicted octanol–water partition coefficient (Wildman–Crippen LogP) is 6.66. The average molecular weight is 494 g/mol. The molecule has 0 atom stereocenters. The Kier molecular flexibility index (Phi) is 6.68. The second kappa shape index (κ2) is 10.4. The fourth-order valence-electron chi connectivity index (χ4n) is 3.71. The van der Waals surface area contributed by atoms with Gasteiger partial charge in [0, 0.05) is 30.7 Å². The largest absolute Gasteiger partial charge is 0.438 e. The molecule has 1 amide bonds. The average Bonchev–Trinajstić information content (AvgIpc) is 3.46. The minimum Gasteiger partial charge on any atom is -0.438 e. The molecule has 5 aromatic rings. The first-order valence-corrected chi connectivity index (χ1v) is 12.2. The van der Waals surface area contributed by atoms with Gasteiger partial charge in [-0.3, -0.25) is 4.79 Å². The van der Waals surface area contributed by atoms with Gasteiger partial charge >= 0.3 is 0 Å². The van der Waals surface area contributed by atoms with Crippen LogP contribution in [0.1, 0.15) is 15.9 Å². The molecule has 5 rings (SSSR count). The zero-order valence-corrected chi connectivity index (χ0v) is 20.5. The summed E-state index contributed by atoms with van der Waals surface area (Å²) in [4.78, 5) is 26.0. The van der Waals surface area contributed by atoms with Crippen molar-refractivity contribution in [1.29, 1.82) is 0 Å². The molecule has 0 fully saturated rings. The number of hydrogen-bond acceptors (Lipinski definition) is 7. The lowest BCUT2D eigenvalue weighted by molar-refractivity contribution is 0.102. The minimum atomic E-state index is -0.170. The van der Waals surface area contributed by atoms with E-state index in [9.17, 15) is 4.79 Å². The summed E-state index contributed by atoms with van der Waals surface area (Å²) in [5.74, 6) is 1.41. The zero-order chi connectivity index (χ0) is 24.9. The van der Waals surface area contributed by atoms with Gasteiger partial charge in [-0.2, -0.15) is 11.3 Å². The minimum absolute atomic E-state index is 0.170. The van der Waals surface area contributed by atoms with Crippen molar-refractivity contribution in [3.8, 4) is 34.0 Å². The van der Waals surface area contributed by atoms with Crippen LogP contribution >= 0.6 is 11.3 Å². The topological polar surface area (TPSA) is 89.0 Å². The van der Waals surface area contributed by atoms with E-state index in [4.69, 9.17) is 4.74 Å². The van der Waals surface area contributed by atoms with Crippen LogP contribution in [0.25, 0.3) is 22.4 Å². The standard InChI is InChI=1S/C28H23N5O2S/c1-18-15-22(32-26(34)20-6-3-5-19(16-20)21-11-14-36-17-21)8-9-25(18)35-27-23(7-4-12-30-27)24-10-13-31-28(29-2)33-24/h3-17H,1-2H3,(H,32,34)(H,29,31,33). The number of ether oxygens (including phenoxy) is 1. The molecule has 36 heavy (non-hydrogen) atoms. The molecule has 178 valence electrons. The number of aromatic nitrogens is 3. The van der Waals surface area contributed by atoms with Gasteiger partial charge in [0.25, 0.3) is 5.91 Å². The highest BCUT2D eigenvalue weighted by Crippen LogP contribution is 2.33. The van der Waals surface area contributed by atoms with Gasteiger partial charge in [0.15, 0.2) is 0 Å². The molecule has 0 aliphatic carbocycles. The summed E-state index contributed by atoms with van der Waals surface area (Å²) in [6, 6.07) is 20.7. The Morgan fingerprint density at radius 3 is 2.67 bits per heavy atom. The van der Waals surface area contributed by atoms with Crippen molar-refractivity contribution in [2.75, 3.05) is 17.7 Å². The van der Waals surface area contributed by atoms with Crippen molar-refractivity contribution in [2.24, 2.45) is 0 Å². The van der Waals surface area contributed by atoms with Gasteiger partial charge < -0.3 is 15.4 Å². The van der Waals surface area contributed by atoms with Crippen LogP contribution in [0.3, 0.4) is 0 Å². The molecule has 0 radical (unpaired) electrons. The Balaban J connectivity index is 1.34. The first-order valence-electron chi connectivity index (χ1n) is 11.3. The van der Waals surface area contributed by atoms with Crippen molar-refractivity contribution in [3.05, 3.63) is 101 Å². The van der Waals surface area contributed by atoms with Crippen LogP contribution in [0.5, 0.6) is 11.6 Å². The maximum absolute atomic E-state index is 12.9. The third-order valence-electron chi connectivity index (χ3n) is 5.54. The summed E-state index contributed by atoms with van der Waals surface area (Å²) in [6.45, 7) is 1.93. The molecule has 0 bridgehead atoms. The number of pyridine rings is 1. The molecule has 0 saturated heterocycles. The number of amides is 1. The van der Waals surface area contributed by atoms with E-state index < -0.39 is 0 Å². The Morgan fingerprint density at radius 2 is 1.86 bits per heavy atom. The molecule has 2 aromatic carbocycles. The fraction of sp³-hybridized carbons (Fsp3) is 0.0714. The molecule has 7 nitrogen and oxygen atoms in total. The van der Waals surface area contributed by atoms with Gasteiger partial charge in [0.05, 0.1) is 11.3 Å². The Morgan fingerprint density at radius 1 is 0.944 bits per heavy atom. The second-order valence-electron chi connectivity index (χ2n) is 8.00. The zero-order valence-electron chi connectivity index (χ0n) is 19.7. The Bertz CT molecular complexity index is 1520. The van der Waals surface area contributed by atoms with E-state index in [2.05, 4.69) is 31.0 Å². The third kappa shape index (κ3) is 5.08.